The van der Waals surface area contributed by atoms with E-state index in [2.05, 4.69) is 9.97 Å². The van der Waals surface area contributed by atoms with Crippen molar-refractivity contribution in [3.63, 3.8) is 0 Å². The first-order chi connectivity index (χ1) is 8.13. The summed E-state index contributed by atoms with van der Waals surface area (Å²) in [5.41, 5.74) is 1.71. The number of hydrogen-bond acceptors (Lipinski definition) is 4. The summed E-state index contributed by atoms with van der Waals surface area (Å²) in [7, 11) is 0. The van der Waals surface area contributed by atoms with E-state index in [0.29, 0.717) is 10.9 Å². The lowest BCUT2D eigenvalue weighted by Crippen LogP contribution is -1.90. The molecule has 0 bridgehead atoms. The van der Waals surface area contributed by atoms with E-state index in [4.69, 9.17) is 0 Å². The molecule has 0 aliphatic rings. The minimum absolute atomic E-state index is 0.0286. The van der Waals surface area contributed by atoms with Crippen molar-refractivity contribution < 1.29 is 9.50 Å². The number of halogens is 1. The van der Waals surface area contributed by atoms with Crippen LogP contribution >= 0.6 is 11.8 Å². The van der Waals surface area contributed by atoms with Crippen molar-refractivity contribution in [1.82, 2.24) is 9.97 Å². The van der Waals surface area contributed by atoms with Crippen LogP contribution < -0.4 is 0 Å². The summed E-state index contributed by atoms with van der Waals surface area (Å²) >= 11 is 1.40. The standard InChI is InChI=1S/C12H11FN2OS/c1-8-6-11(16)15-12(14-8)17-7-9-2-4-10(13)5-3-9/h2-6H,7H2,1H3,(H,14,15,16). The van der Waals surface area contributed by atoms with Crippen LogP contribution in [0.3, 0.4) is 0 Å². The third-order valence-corrected chi connectivity index (χ3v) is 3.02. The van der Waals surface area contributed by atoms with Gasteiger partial charge in [-0.25, -0.2) is 9.37 Å². The average Bonchev–Trinajstić information content (AvgIpc) is 2.27. The lowest BCUT2D eigenvalue weighted by molar-refractivity contribution is 0.444. The Morgan fingerprint density at radius 2 is 1.94 bits per heavy atom. The van der Waals surface area contributed by atoms with Crippen molar-refractivity contribution in [2.75, 3.05) is 0 Å². The Hall–Kier alpha value is -1.62. The van der Waals surface area contributed by atoms with E-state index in [9.17, 15) is 9.50 Å². The topological polar surface area (TPSA) is 46.0 Å². The van der Waals surface area contributed by atoms with E-state index in [0.717, 1.165) is 11.3 Å². The smallest absolute Gasteiger partial charge is 0.215 e. The monoisotopic (exact) mass is 250 g/mol. The first kappa shape index (κ1) is 11.9. The molecule has 0 fully saturated rings. The second kappa shape index (κ2) is 5.14. The molecule has 3 nitrogen and oxygen atoms in total. The fraction of sp³-hybridized carbons (Fsp3) is 0.167. The highest BCUT2D eigenvalue weighted by molar-refractivity contribution is 7.98. The number of aryl methyl sites for hydroxylation is 1. The van der Waals surface area contributed by atoms with Gasteiger partial charge in [-0.05, 0) is 24.6 Å². The van der Waals surface area contributed by atoms with Crippen LogP contribution in [0.15, 0.2) is 35.5 Å². The molecule has 0 saturated heterocycles. The number of thioether (sulfide) groups is 1. The molecule has 0 spiro atoms. The maximum Gasteiger partial charge on any atom is 0.215 e. The molecule has 0 atom stereocenters. The maximum absolute atomic E-state index is 12.7. The summed E-state index contributed by atoms with van der Waals surface area (Å²) in [6, 6.07) is 7.78. The minimum atomic E-state index is -0.247. The SMILES string of the molecule is Cc1cc(O)nc(SCc2ccc(F)cc2)n1. The lowest BCUT2D eigenvalue weighted by Gasteiger charge is -2.02. The molecule has 1 N–H and O–H groups in total. The molecule has 0 unspecified atom stereocenters. The van der Waals surface area contributed by atoms with Gasteiger partial charge in [0.1, 0.15) is 5.82 Å². The molecule has 0 amide bonds. The first-order valence-corrected chi connectivity index (χ1v) is 6.04. The average molecular weight is 250 g/mol. The van der Waals surface area contributed by atoms with Crippen LogP contribution in [0.1, 0.15) is 11.3 Å². The van der Waals surface area contributed by atoms with Gasteiger partial charge in [-0.1, -0.05) is 23.9 Å². The van der Waals surface area contributed by atoms with Crippen molar-refractivity contribution in [2.24, 2.45) is 0 Å². The lowest BCUT2D eigenvalue weighted by atomic mass is 10.2. The van der Waals surface area contributed by atoms with Crippen molar-refractivity contribution >= 4 is 11.8 Å². The van der Waals surface area contributed by atoms with Crippen molar-refractivity contribution in [2.45, 2.75) is 17.8 Å². The van der Waals surface area contributed by atoms with Gasteiger partial charge in [-0.15, -0.1) is 0 Å². The van der Waals surface area contributed by atoms with Crippen LogP contribution in [0.4, 0.5) is 4.39 Å². The molecule has 5 heteroatoms. The van der Waals surface area contributed by atoms with Crippen molar-refractivity contribution in [3.05, 3.63) is 47.4 Å². The van der Waals surface area contributed by atoms with E-state index in [-0.39, 0.29) is 11.7 Å². The summed E-state index contributed by atoms with van der Waals surface area (Å²) in [6.07, 6.45) is 0. The summed E-state index contributed by atoms with van der Waals surface area (Å²) in [5, 5.41) is 9.83. The Bertz CT molecular complexity index is 496. The molecule has 1 aromatic carbocycles. The maximum atomic E-state index is 12.7. The highest BCUT2D eigenvalue weighted by atomic mass is 32.2. The molecule has 0 saturated carbocycles. The zero-order chi connectivity index (χ0) is 12.3. The minimum Gasteiger partial charge on any atom is -0.493 e. The molecule has 1 heterocycles. The van der Waals surface area contributed by atoms with Gasteiger partial charge in [0, 0.05) is 17.5 Å². The fourth-order valence-corrected chi connectivity index (χ4v) is 2.17. The Morgan fingerprint density at radius 1 is 1.24 bits per heavy atom. The van der Waals surface area contributed by atoms with Crippen LogP contribution in [0.25, 0.3) is 0 Å². The Labute approximate surface area is 103 Å². The van der Waals surface area contributed by atoms with Gasteiger partial charge in [0.25, 0.3) is 0 Å². The molecule has 0 radical (unpaired) electrons. The van der Waals surface area contributed by atoms with E-state index >= 15 is 0 Å². The fourth-order valence-electron chi connectivity index (χ4n) is 1.32. The number of benzene rings is 1. The predicted octanol–water partition coefficient (Wildman–Crippen LogP) is 2.92. The highest BCUT2D eigenvalue weighted by Gasteiger charge is 2.02. The molecule has 0 aliphatic carbocycles. The Kier molecular flexibility index (Phi) is 3.58. The number of rotatable bonds is 3. The zero-order valence-corrected chi connectivity index (χ0v) is 10.0. The van der Waals surface area contributed by atoms with Crippen molar-refractivity contribution in [3.8, 4) is 5.88 Å². The van der Waals surface area contributed by atoms with Crippen LogP contribution in [-0.4, -0.2) is 15.1 Å². The number of hydrogen-bond donors (Lipinski definition) is 1. The molecular formula is C12H11FN2OS. The third kappa shape index (κ3) is 3.42. The molecule has 88 valence electrons. The largest absolute Gasteiger partial charge is 0.493 e. The van der Waals surface area contributed by atoms with E-state index < -0.39 is 0 Å². The Balaban J connectivity index is 2.04. The molecule has 17 heavy (non-hydrogen) atoms. The summed E-state index contributed by atoms with van der Waals surface area (Å²) in [6.45, 7) is 1.79. The first-order valence-electron chi connectivity index (χ1n) is 5.05. The molecular weight excluding hydrogens is 239 g/mol. The van der Waals surface area contributed by atoms with Gasteiger partial charge in [0.05, 0.1) is 0 Å². The van der Waals surface area contributed by atoms with E-state index in [1.165, 1.54) is 30.0 Å². The molecule has 0 aliphatic heterocycles. The molecule has 1 aromatic heterocycles. The van der Waals surface area contributed by atoms with Crippen LogP contribution in [-0.2, 0) is 5.75 Å². The summed E-state index contributed by atoms with van der Waals surface area (Å²) in [4.78, 5) is 8.08. The van der Waals surface area contributed by atoms with Gasteiger partial charge < -0.3 is 5.11 Å². The van der Waals surface area contributed by atoms with E-state index in [1.807, 2.05) is 0 Å². The quantitative estimate of drug-likeness (QED) is 0.672. The van der Waals surface area contributed by atoms with Crippen LogP contribution in [0, 0.1) is 12.7 Å². The summed E-state index contributed by atoms with van der Waals surface area (Å²) < 4.78 is 12.7. The van der Waals surface area contributed by atoms with Gasteiger partial charge in [-0.2, -0.15) is 4.98 Å². The van der Waals surface area contributed by atoms with Gasteiger partial charge in [0.2, 0.25) is 5.88 Å². The predicted molar refractivity (Wildman–Crippen MR) is 64.4 cm³/mol. The van der Waals surface area contributed by atoms with Crippen molar-refractivity contribution in [1.29, 1.82) is 0 Å². The second-order valence-corrected chi connectivity index (χ2v) is 4.51. The van der Waals surface area contributed by atoms with Gasteiger partial charge >= 0.3 is 0 Å². The second-order valence-electron chi connectivity index (χ2n) is 3.57. The Morgan fingerprint density at radius 3 is 2.59 bits per heavy atom. The zero-order valence-electron chi connectivity index (χ0n) is 9.22. The van der Waals surface area contributed by atoms with Gasteiger partial charge in [-0.3, -0.25) is 0 Å². The highest BCUT2D eigenvalue weighted by Crippen LogP contribution is 2.21. The third-order valence-electron chi connectivity index (χ3n) is 2.10. The normalized spacial score (nSPS) is 10.5. The number of aromatic nitrogens is 2. The number of aromatic hydroxyl groups is 1. The van der Waals surface area contributed by atoms with Crippen LogP contribution in [0.5, 0.6) is 5.88 Å². The molecule has 2 aromatic rings. The molecule has 2 rings (SSSR count). The van der Waals surface area contributed by atoms with Crippen LogP contribution in [0.2, 0.25) is 0 Å². The number of nitrogens with zero attached hydrogens (tertiary/aromatic N) is 2. The summed E-state index contributed by atoms with van der Waals surface area (Å²) in [5.74, 6) is 0.366. The van der Waals surface area contributed by atoms with Gasteiger partial charge in [0.15, 0.2) is 5.16 Å². The van der Waals surface area contributed by atoms with E-state index in [1.54, 1.807) is 19.1 Å².